The maximum absolute atomic E-state index is 13.5. The van der Waals surface area contributed by atoms with E-state index in [0.717, 1.165) is 17.5 Å². The Morgan fingerprint density at radius 3 is 2.35 bits per heavy atom. The minimum atomic E-state index is -3.84. The van der Waals surface area contributed by atoms with E-state index < -0.39 is 28.1 Å². The Morgan fingerprint density at radius 1 is 1.03 bits per heavy atom. The molecule has 1 heterocycles. The molecule has 1 aliphatic heterocycles. The average molecular weight is 488 g/mol. The third-order valence-electron chi connectivity index (χ3n) is 5.74. The Kier molecular flexibility index (Phi) is 8.82. The monoisotopic (exact) mass is 487 g/mol. The summed E-state index contributed by atoms with van der Waals surface area (Å²) in [5.41, 5.74) is 3.49. The summed E-state index contributed by atoms with van der Waals surface area (Å²) in [5.74, 6) is -1.56. The van der Waals surface area contributed by atoms with E-state index in [1.54, 1.807) is 13.8 Å². The topological polar surface area (TPSA) is 105 Å². The van der Waals surface area contributed by atoms with Crippen LogP contribution in [0.25, 0.3) is 0 Å². The number of amides is 2. The highest BCUT2D eigenvalue weighted by atomic mass is 32.2. The summed E-state index contributed by atoms with van der Waals surface area (Å²) >= 11 is 0. The fourth-order valence-electron chi connectivity index (χ4n) is 4.27. The quantitative estimate of drug-likeness (QED) is 0.439. The minimum absolute atomic E-state index is 0.112. The summed E-state index contributed by atoms with van der Waals surface area (Å²) < 4.78 is 33.9. The van der Waals surface area contributed by atoms with Crippen LogP contribution in [0, 0.1) is 20.8 Å². The van der Waals surface area contributed by atoms with Gasteiger partial charge in [-0.15, -0.1) is 0 Å². The van der Waals surface area contributed by atoms with Crippen molar-refractivity contribution in [2.45, 2.75) is 51.2 Å². The Hall–Kier alpha value is -2.75. The standard InChI is InChI=1S/C25H33N3O5S/c1-18-15-19(2)23(20(3)16-18)34(31,32)28-13-8-14-33-22(28)17-27-25(30)24(29)26-12-7-11-21-9-5-4-6-10-21/h4-6,9-10,15-16,22H,7-8,11-14,17H2,1-3H3,(H,26,29)(H,27,30)/t22-/m0/s1. The Bertz CT molecular complexity index is 1100. The number of carbonyl (C=O) groups is 2. The van der Waals surface area contributed by atoms with Crippen molar-refractivity contribution in [3.63, 3.8) is 0 Å². The van der Waals surface area contributed by atoms with E-state index in [4.69, 9.17) is 4.74 Å². The number of carbonyl (C=O) groups excluding carboxylic acids is 2. The Labute approximate surface area is 201 Å². The Morgan fingerprint density at radius 2 is 1.68 bits per heavy atom. The van der Waals surface area contributed by atoms with Gasteiger partial charge in [-0.05, 0) is 56.7 Å². The average Bonchev–Trinajstić information content (AvgIpc) is 2.80. The number of nitrogens with one attached hydrogen (secondary N) is 2. The first-order chi connectivity index (χ1) is 16.2. The van der Waals surface area contributed by atoms with Crippen LogP contribution >= 0.6 is 0 Å². The molecule has 1 saturated heterocycles. The molecule has 1 aliphatic rings. The van der Waals surface area contributed by atoms with Gasteiger partial charge in [0.15, 0.2) is 0 Å². The normalized spacial score (nSPS) is 16.7. The molecular formula is C25H33N3O5S. The van der Waals surface area contributed by atoms with Crippen LogP contribution in [0.3, 0.4) is 0 Å². The molecule has 0 radical (unpaired) electrons. The van der Waals surface area contributed by atoms with E-state index in [9.17, 15) is 18.0 Å². The van der Waals surface area contributed by atoms with Gasteiger partial charge in [-0.2, -0.15) is 4.31 Å². The molecule has 34 heavy (non-hydrogen) atoms. The van der Waals surface area contributed by atoms with Gasteiger partial charge in [0.05, 0.1) is 18.0 Å². The molecule has 2 N–H and O–H groups in total. The van der Waals surface area contributed by atoms with Gasteiger partial charge in [-0.25, -0.2) is 8.42 Å². The van der Waals surface area contributed by atoms with Crippen LogP contribution in [0.2, 0.25) is 0 Å². The maximum atomic E-state index is 13.5. The van der Waals surface area contributed by atoms with Crippen LogP contribution < -0.4 is 10.6 Å². The van der Waals surface area contributed by atoms with E-state index >= 15 is 0 Å². The van der Waals surface area contributed by atoms with Gasteiger partial charge in [-0.1, -0.05) is 48.0 Å². The van der Waals surface area contributed by atoms with Crippen molar-refractivity contribution < 1.29 is 22.7 Å². The van der Waals surface area contributed by atoms with Crippen molar-refractivity contribution in [3.8, 4) is 0 Å². The molecule has 0 bridgehead atoms. The first kappa shape index (κ1) is 25.9. The lowest BCUT2D eigenvalue weighted by molar-refractivity contribution is -0.140. The molecule has 8 nitrogen and oxygen atoms in total. The molecule has 2 amide bonds. The first-order valence-electron chi connectivity index (χ1n) is 11.5. The molecular weight excluding hydrogens is 454 g/mol. The van der Waals surface area contributed by atoms with Gasteiger partial charge >= 0.3 is 11.8 Å². The Balaban J connectivity index is 1.56. The van der Waals surface area contributed by atoms with Crippen molar-refractivity contribution in [1.82, 2.24) is 14.9 Å². The van der Waals surface area contributed by atoms with Gasteiger partial charge in [0, 0.05) is 13.1 Å². The smallest absolute Gasteiger partial charge is 0.309 e. The molecule has 2 aromatic carbocycles. The maximum Gasteiger partial charge on any atom is 0.309 e. The van der Waals surface area contributed by atoms with Gasteiger partial charge in [0.25, 0.3) is 0 Å². The van der Waals surface area contributed by atoms with Crippen LogP contribution in [0.5, 0.6) is 0 Å². The predicted molar refractivity (Wildman–Crippen MR) is 130 cm³/mol. The summed E-state index contributed by atoms with van der Waals surface area (Å²) in [6.07, 6.45) is 1.17. The lowest BCUT2D eigenvalue weighted by Crippen LogP contribution is -2.53. The van der Waals surface area contributed by atoms with E-state index in [1.165, 1.54) is 4.31 Å². The number of aryl methyl sites for hydroxylation is 4. The molecule has 2 aromatic rings. The number of benzene rings is 2. The molecule has 9 heteroatoms. The van der Waals surface area contributed by atoms with Gasteiger partial charge in [0.1, 0.15) is 6.23 Å². The van der Waals surface area contributed by atoms with E-state index in [-0.39, 0.29) is 18.0 Å². The number of rotatable bonds is 8. The van der Waals surface area contributed by atoms with Crippen LogP contribution in [0.4, 0.5) is 0 Å². The summed E-state index contributed by atoms with van der Waals surface area (Å²) in [6, 6.07) is 13.6. The molecule has 1 fully saturated rings. The zero-order valence-corrected chi connectivity index (χ0v) is 20.8. The van der Waals surface area contributed by atoms with E-state index in [2.05, 4.69) is 10.6 Å². The number of hydrogen-bond acceptors (Lipinski definition) is 5. The fraction of sp³-hybridized carbons (Fsp3) is 0.440. The van der Waals surface area contributed by atoms with Crippen molar-refractivity contribution in [1.29, 1.82) is 0 Å². The zero-order valence-electron chi connectivity index (χ0n) is 20.0. The highest BCUT2D eigenvalue weighted by Crippen LogP contribution is 2.28. The second-order valence-corrected chi connectivity index (χ2v) is 10.4. The van der Waals surface area contributed by atoms with Gasteiger partial charge in [-0.3, -0.25) is 9.59 Å². The van der Waals surface area contributed by atoms with Gasteiger partial charge < -0.3 is 15.4 Å². The number of ether oxygens (including phenoxy) is 1. The van der Waals surface area contributed by atoms with Crippen molar-refractivity contribution in [2.75, 3.05) is 26.2 Å². The number of nitrogens with zero attached hydrogens (tertiary/aromatic N) is 1. The van der Waals surface area contributed by atoms with E-state index in [1.807, 2.05) is 49.4 Å². The summed E-state index contributed by atoms with van der Waals surface area (Å²) in [6.45, 7) is 6.39. The van der Waals surface area contributed by atoms with Crippen molar-refractivity contribution >= 4 is 21.8 Å². The van der Waals surface area contributed by atoms with Crippen LogP contribution in [-0.2, 0) is 30.8 Å². The second-order valence-electron chi connectivity index (χ2n) is 8.58. The molecule has 0 aliphatic carbocycles. The number of hydrogen-bond donors (Lipinski definition) is 2. The lowest BCUT2D eigenvalue weighted by Gasteiger charge is -2.35. The fourth-order valence-corrected chi connectivity index (χ4v) is 6.25. The largest absolute Gasteiger partial charge is 0.360 e. The van der Waals surface area contributed by atoms with Crippen LogP contribution in [-0.4, -0.2) is 57.0 Å². The van der Waals surface area contributed by atoms with Crippen LogP contribution in [0.1, 0.15) is 35.1 Å². The van der Waals surface area contributed by atoms with Crippen LogP contribution in [0.15, 0.2) is 47.4 Å². The molecule has 3 rings (SSSR count). The minimum Gasteiger partial charge on any atom is -0.360 e. The molecule has 1 atom stereocenters. The highest BCUT2D eigenvalue weighted by molar-refractivity contribution is 7.89. The summed E-state index contributed by atoms with van der Waals surface area (Å²) in [7, 11) is -3.84. The summed E-state index contributed by atoms with van der Waals surface area (Å²) in [5, 5.41) is 5.12. The molecule has 184 valence electrons. The van der Waals surface area contributed by atoms with Crippen molar-refractivity contribution in [3.05, 3.63) is 64.7 Å². The second kappa shape index (κ2) is 11.6. The van der Waals surface area contributed by atoms with E-state index in [0.29, 0.717) is 37.1 Å². The van der Waals surface area contributed by atoms with Gasteiger partial charge in [0.2, 0.25) is 10.0 Å². The predicted octanol–water partition coefficient (Wildman–Crippen LogP) is 2.21. The molecule has 0 saturated carbocycles. The first-order valence-corrected chi connectivity index (χ1v) is 13.0. The molecule has 0 spiro atoms. The van der Waals surface area contributed by atoms with Crippen molar-refractivity contribution in [2.24, 2.45) is 0 Å². The SMILES string of the molecule is Cc1cc(C)c(S(=O)(=O)N2CCCO[C@H]2CNC(=O)C(=O)NCCCc2ccccc2)c(C)c1. The summed E-state index contributed by atoms with van der Waals surface area (Å²) in [4.78, 5) is 24.7. The zero-order chi connectivity index (χ0) is 24.7. The third-order valence-corrected chi connectivity index (χ3v) is 7.93. The number of sulfonamides is 1. The highest BCUT2D eigenvalue weighted by Gasteiger charge is 2.36. The molecule has 0 aromatic heterocycles. The lowest BCUT2D eigenvalue weighted by atomic mass is 10.1. The molecule has 0 unspecified atom stereocenters. The third kappa shape index (κ3) is 6.43.